The van der Waals surface area contributed by atoms with Crippen LogP contribution >= 0.6 is 11.3 Å². The van der Waals surface area contributed by atoms with E-state index in [9.17, 15) is 4.79 Å². The average Bonchev–Trinajstić information content (AvgIpc) is 3.17. The summed E-state index contributed by atoms with van der Waals surface area (Å²) in [5, 5.41) is 11.1. The first-order valence-corrected chi connectivity index (χ1v) is 9.00. The highest BCUT2D eigenvalue weighted by atomic mass is 32.1. The monoisotopic (exact) mass is 341 g/mol. The second kappa shape index (κ2) is 6.24. The number of nitrogens with one attached hydrogen (secondary N) is 2. The predicted molar refractivity (Wildman–Crippen MR) is 95.4 cm³/mol. The molecule has 0 saturated heterocycles. The Morgan fingerprint density at radius 2 is 2.21 bits per heavy atom. The second-order valence-electron chi connectivity index (χ2n) is 6.04. The molecule has 1 atom stereocenters. The van der Waals surface area contributed by atoms with Crippen LogP contribution in [0.3, 0.4) is 0 Å². The molecule has 2 N–H and O–H groups in total. The fourth-order valence-corrected chi connectivity index (χ4v) is 3.93. The number of aryl methyl sites for hydroxylation is 2. The molecule has 3 aromatic rings. The Balaban J connectivity index is 1.42. The number of benzene rings is 1. The van der Waals surface area contributed by atoms with E-state index in [1.165, 1.54) is 12.1 Å². The SMILES string of the molecule is CC(NC(=O)Nc1cc2n(n1)CCCC2)c1nc2ccccc2s1. The summed E-state index contributed by atoms with van der Waals surface area (Å²) < 4.78 is 3.11. The number of carbonyl (C=O) groups excluding carboxylic acids is 1. The molecule has 7 heteroatoms. The number of carbonyl (C=O) groups is 1. The van der Waals surface area contributed by atoms with Gasteiger partial charge in [-0.25, -0.2) is 9.78 Å². The number of urea groups is 1. The Morgan fingerprint density at radius 3 is 3.04 bits per heavy atom. The van der Waals surface area contributed by atoms with Gasteiger partial charge in [0, 0.05) is 18.3 Å². The summed E-state index contributed by atoms with van der Waals surface area (Å²) in [5.41, 5.74) is 2.16. The third-order valence-corrected chi connectivity index (χ3v) is 5.41. The minimum absolute atomic E-state index is 0.153. The van der Waals surface area contributed by atoms with Gasteiger partial charge < -0.3 is 5.32 Å². The van der Waals surface area contributed by atoms with Crippen LogP contribution in [0.4, 0.5) is 10.6 Å². The molecule has 1 unspecified atom stereocenters. The molecule has 1 aliphatic rings. The molecule has 3 heterocycles. The third kappa shape index (κ3) is 2.99. The van der Waals surface area contributed by atoms with Crippen LogP contribution in [0, 0.1) is 0 Å². The molecular weight excluding hydrogens is 322 g/mol. The van der Waals surface area contributed by atoms with E-state index in [2.05, 4.69) is 20.7 Å². The number of thiazole rings is 1. The number of fused-ring (bicyclic) bond motifs is 2. The van der Waals surface area contributed by atoms with Gasteiger partial charge in [-0.3, -0.25) is 10.00 Å². The van der Waals surface area contributed by atoms with Crippen molar-refractivity contribution < 1.29 is 4.79 Å². The van der Waals surface area contributed by atoms with Gasteiger partial charge in [0.15, 0.2) is 5.82 Å². The number of amides is 2. The molecule has 24 heavy (non-hydrogen) atoms. The van der Waals surface area contributed by atoms with Crippen LogP contribution in [0.1, 0.15) is 36.5 Å². The van der Waals surface area contributed by atoms with E-state index < -0.39 is 0 Å². The lowest BCUT2D eigenvalue weighted by Gasteiger charge is -2.12. The molecule has 0 spiro atoms. The Labute approximate surface area is 143 Å². The van der Waals surface area contributed by atoms with Crippen LogP contribution in [-0.4, -0.2) is 20.8 Å². The summed E-state index contributed by atoms with van der Waals surface area (Å²) in [5.74, 6) is 0.612. The molecule has 2 amide bonds. The molecule has 2 aromatic heterocycles. The van der Waals surface area contributed by atoms with E-state index >= 15 is 0 Å². The van der Waals surface area contributed by atoms with Crippen molar-refractivity contribution in [3.05, 3.63) is 41.0 Å². The summed E-state index contributed by atoms with van der Waals surface area (Å²) in [6.45, 7) is 2.87. The first-order chi connectivity index (χ1) is 11.7. The summed E-state index contributed by atoms with van der Waals surface area (Å²) in [7, 11) is 0. The molecule has 0 saturated carbocycles. The second-order valence-corrected chi connectivity index (χ2v) is 7.10. The van der Waals surface area contributed by atoms with E-state index in [0.29, 0.717) is 5.82 Å². The maximum Gasteiger partial charge on any atom is 0.321 e. The van der Waals surface area contributed by atoms with Crippen LogP contribution in [0.25, 0.3) is 10.2 Å². The summed E-state index contributed by atoms with van der Waals surface area (Å²) in [6, 6.07) is 9.54. The molecule has 0 bridgehead atoms. The van der Waals surface area contributed by atoms with Gasteiger partial charge in [0.2, 0.25) is 0 Å². The van der Waals surface area contributed by atoms with Crippen molar-refractivity contribution in [1.29, 1.82) is 0 Å². The number of aromatic nitrogens is 3. The van der Waals surface area contributed by atoms with Gasteiger partial charge in [0.05, 0.1) is 16.3 Å². The fourth-order valence-electron chi connectivity index (χ4n) is 2.97. The van der Waals surface area contributed by atoms with Crippen LogP contribution < -0.4 is 10.6 Å². The molecular formula is C17H19N5OS. The number of anilines is 1. The van der Waals surface area contributed by atoms with Crippen LogP contribution in [0.2, 0.25) is 0 Å². The highest BCUT2D eigenvalue weighted by Gasteiger charge is 2.16. The van der Waals surface area contributed by atoms with Crippen molar-refractivity contribution in [1.82, 2.24) is 20.1 Å². The van der Waals surface area contributed by atoms with Gasteiger partial charge >= 0.3 is 6.03 Å². The first kappa shape index (κ1) is 15.1. The Morgan fingerprint density at radius 1 is 1.33 bits per heavy atom. The minimum atomic E-state index is -0.253. The molecule has 4 rings (SSSR count). The fraction of sp³-hybridized carbons (Fsp3) is 0.353. The van der Waals surface area contributed by atoms with E-state index in [1.54, 1.807) is 11.3 Å². The van der Waals surface area contributed by atoms with Gasteiger partial charge in [-0.1, -0.05) is 12.1 Å². The quantitative estimate of drug-likeness (QED) is 0.763. The standard InChI is InChI=1S/C17H19N5OS/c1-11(16-19-13-7-2-3-8-14(13)24-16)18-17(23)20-15-10-12-6-4-5-9-22(12)21-15/h2-3,7-8,10-11H,4-6,9H2,1H3,(H2,18,20,21,23). The van der Waals surface area contributed by atoms with Gasteiger partial charge in [0.1, 0.15) is 5.01 Å². The van der Waals surface area contributed by atoms with Gasteiger partial charge in [-0.2, -0.15) is 5.10 Å². The number of rotatable bonds is 3. The zero-order valence-corrected chi connectivity index (χ0v) is 14.3. The zero-order chi connectivity index (χ0) is 16.5. The molecule has 6 nitrogen and oxygen atoms in total. The van der Waals surface area contributed by atoms with Crippen molar-refractivity contribution >= 4 is 33.4 Å². The van der Waals surface area contributed by atoms with Crippen molar-refractivity contribution in [3.8, 4) is 0 Å². The number of para-hydroxylation sites is 1. The third-order valence-electron chi connectivity index (χ3n) is 4.19. The van der Waals surface area contributed by atoms with Gasteiger partial charge in [-0.05, 0) is 38.3 Å². The normalized spacial score (nSPS) is 15.0. The summed E-state index contributed by atoms with van der Waals surface area (Å²) >= 11 is 1.60. The average molecular weight is 341 g/mol. The predicted octanol–water partition coefficient (Wildman–Crippen LogP) is 3.71. The Hall–Kier alpha value is -2.41. The lowest BCUT2D eigenvalue weighted by atomic mass is 10.1. The molecule has 0 fully saturated rings. The molecule has 1 aliphatic heterocycles. The van der Waals surface area contributed by atoms with Crippen LogP contribution in [0.15, 0.2) is 30.3 Å². The highest BCUT2D eigenvalue weighted by molar-refractivity contribution is 7.18. The molecule has 0 radical (unpaired) electrons. The van der Waals surface area contributed by atoms with Gasteiger partial charge in [-0.15, -0.1) is 11.3 Å². The Kier molecular flexibility index (Phi) is 3.93. The topological polar surface area (TPSA) is 71.8 Å². The van der Waals surface area contributed by atoms with E-state index in [0.717, 1.165) is 34.6 Å². The molecule has 124 valence electrons. The number of hydrogen-bond acceptors (Lipinski definition) is 4. The van der Waals surface area contributed by atoms with Crippen molar-refractivity contribution in [2.24, 2.45) is 0 Å². The highest BCUT2D eigenvalue weighted by Crippen LogP contribution is 2.26. The maximum absolute atomic E-state index is 12.2. The van der Waals surface area contributed by atoms with E-state index in [-0.39, 0.29) is 12.1 Å². The minimum Gasteiger partial charge on any atom is -0.329 e. The summed E-state index contributed by atoms with van der Waals surface area (Å²) in [4.78, 5) is 16.8. The van der Waals surface area contributed by atoms with Crippen molar-refractivity contribution in [3.63, 3.8) is 0 Å². The van der Waals surface area contributed by atoms with Crippen LogP contribution in [-0.2, 0) is 13.0 Å². The lowest BCUT2D eigenvalue weighted by molar-refractivity contribution is 0.249. The largest absolute Gasteiger partial charge is 0.329 e. The van der Waals surface area contributed by atoms with Gasteiger partial charge in [0.25, 0.3) is 0 Å². The van der Waals surface area contributed by atoms with Crippen molar-refractivity contribution in [2.45, 2.75) is 38.8 Å². The number of nitrogens with zero attached hydrogens (tertiary/aromatic N) is 3. The zero-order valence-electron chi connectivity index (χ0n) is 13.5. The molecule has 0 aliphatic carbocycles. The van der Waals surface area contributed by atoms with Crippen LogP contribution in [0.5, 0.6) is 0 Å². The van der Waals surface area contributed by atoms with E-state index in [4.69, 9.17) is 0 Å². The van der Waals surface area contributed by atoms with E-state index in [1.807, 2.05) is 41.9 Å². The lowest BCUT2D eigenvalue weighted by Crippen LogP contribution is -2.31. The number of hydrogen-bond donors (Lipinski definition) is 2. The smallest absolute Gasteiger partial charge is 0.321 e. The van der Waals surface area contributed by atoms with Crippen molar-refractivity contribution in [2.75, 3.05) is 5.32 Å². The first-order valence-electron chi connectivity index (χ1n) is 8.19. The Bertz CT molecular complexity index is 828. The molecule has 1 aromatic carbocycles. The summed E-state index contributed by atoms with van der Waals surface area (Å²) in [6.07, 6.45) is 3.36. The maximum atomic E-state index is 12.2.